The molecule has 14 nitrogen and oxygen atoms in total. The fourth-order valence-corrected chi connectivity index (χ4v) is 9.69. The van der Waals surface area contributed by atoms with Gasteiger partial charge in [-0.05, 0) is 75.6 Å². The lowest BCUT2D eigenvalue weighted by Crippen LogP contribution is -2.50. The van der Waals surface area contributed by atoms with Crippen LogP contribution in [-0.2, 0) is 32.3 Å². The molecule has 6 aliphatic rings. The first-order valence-electron chi connectivity index (χ1n) is 20.0. The number of fused-ring (bicyclic) bond motifs is 6. The molecule has 0 spiro atoms. The summed E-state index contributed by atoms with van der Waals surface area (Å²) in [5, 5.41) is 26.1. The normalized spacial score (nSPS) is 28.5. The summed E-state index contributed by atoms with van der Waals surface area (Å²) in [4.78, 5) is 79.7. The Labute approximate surface area is 326 Å². The Kier molecular flexibility index (Phi) is 11.2. The standard InChI is InChI=1S/2C21H27N3O4/c2*1-3-4-14-7-8-17-18-15(10-23(17)21(14)28)16(11-25)19(24(18)12(2)26)20(27)22-9-13-5-6-13/h2*3-4,7-8,13,15-16,18-19,25H,5-6,9-11H2,1-2H3,(H,22,27)/b4-3+;4-3-/t2*15-,16-,18+,19-/m11/s1. The van der Waals surface area contributed by atoms with E-state index in [9.17, 15) is 39.0 Å². The first-order valence-corrected chi connectivity index (χ1v) is 20.0. The number of carbonyl (C=O) groups excluding carboxylic acids is 4. The number of hydrogen-bond donors (Lipinski definition) is 4. The molecule has 2 aliphatic carbocycles. The summed E-state index contributed by atoms with van der Waals surface area (Å²) in [5.41, 5.74) is 2.49. The highest BCUT2D eigenvalue weighted by Crippen LogP contribution is 2.50. The van der Waals surface area contributed by atoms with Crippen molar-refractivity contribution in [2.75, 3.05) is 26.3 Å². The number of pyridine rings is 2. The van der Waals surface area contributed by atoms with Gasteiger partial charge in [0, 0.05) is 99.4 Å². The van der Waals surface area contributed by atoms with Crippen molar-refractivity contribution in [1.82, 2.24) is 29.6 Å². The number of carbonyl (C=O) groups is 4. The van der Waals surface area contributed by atoms with E-state index < -0.39 is 23.9 Å². The minimum Gasteiger partial charge on any atom is -0.396 e. The summed E-state index contributed by atoms with van der Waals surface area (Å²) in [7, 11) is 0. The predicted octanol–water partition coefficient (Wildman–Crippen LogP) is 1.84. The molecule has 4 amide bonds. The summed E-state index contributed by atoms with van der Waals surface area (Å²) in [5.74, 6) is -0.842. The van der Waals surface area contributed by atoms with E-state index in [4.69, 9.17) is 0 Å². The van der Waals surface area contributed by atoms with Gasteiger partial charge in [-0.15, -0.1) is 0 Å². The van der Waals surface area contributed by atoms with Crippen molar-refractivity contribution >= 4 is 35.8 Å². The molecule has 0 bridgehead atoms. The van der Waals surface area contributed by atoms with Crippen LogP contribution in [0.5, 0.6) is 0 Å². The predicted molar refractivity (Wildman–Crippen MR) is 209 cm³/mol. The molecule has 2 aromatic rings. The van der Waals surface area contributed by atoms with Crippen LogP contribution in [-0.4, -0.2) is 91.2 Å². The van der Waals surface area contributed by atoms with Crippen LogP contribution >= 0.6 is 0 Å². The Morgan fingerprint density at radius 3 is 1.34 bits per heavy atom. The molecule has 0 aromatic carbocycles. The Hall–Kier alpha value is -4.82. The van der Waals surface area contributed by atoms with Gasteiger partial charge < -0.3 is 39.8 Å². The highest BCUT2D eigenvalue weighted by atomic mass is 16.3. The summed E-state index contributed by atoms with van der Waals surface area (Å²) in [6.45, 7) is 8.28. The number of aliphatic hydroxyl groups excluding tert-OH is 2. The summed E-state index contributed by atoms with van der Waals surface area (Å²) in [6, 6.07) is 5.15. The molecule has 2 aromatic heterocycles. The Bertz CT molecular complexity index is 1920. The average Bonchev–Trinajstić information content (AvgIpc) is 4.05. The van der Waals surface area contributed by atoms with Crippen LogP contribution in [0.15, 0.2) is 46.0 Å². The smallest absolute Gasteiger partial charge is 0.258 e. The van der Waals surface area contributed by atoms with Crippen LogP contribution in [0.4, 0.5) is 0 Å². The first kappa shape index (κ1) is 39.4. The van der Waals surface area contributed by atoms with Crippen molar-refractivity contribution in [3.05, 3.63) is 79.6 Å². The van der Waals surface area contributed by atoms with Crippen LogP contribution in [0.2, 0.25) is 0 Å². The van der Waals surface area contributed by atoms with Crippen molar-refractivity contribution in [3.8, 4) is 0 Å². The van der Waals surface area contributed by atoms with E-state index in [-0.39, 0.29) is 71.9 Å². The topological polar surface area (TPSA) is 183 Å². The molecule has 8 rings (SSSR count). The van der Waals surface area contributed by atoms with Gasteiger partial charge in [-0.3, -0.25) is 28.8 Å². The number of likely N-dealkylation sites (tertiary alicyclic amines) is 2. The zero-order valence-electron chi connectivity index (χ0n) is 32.6. The third-order valence-corrected chi connectivity index (χ3v) is 12.7. The van der Waals surface area contributed by atoms with Crippen LogP contribution < -0.4 is 21.8 Å². The van der Waals surface area contributed by atoms with E-state index in [0.717, 1.165) is 37.1 Å². The second kappa shape index (κ2) is 16.0. The van der Waals surface area contributed by atoms with Crippen LogP contribution in [0.1, 0.15) is 88.0 Å². The zero-order chi connectivity index (χ0) is 40.0. The monoisotopic (exact) mass is 770 g/mol. The summed E-state index contributed by atoms with van der Waals surface area (Å²) in [6.07, 6.45) is 11.7. The molecule has 8 atom stereocenters. The number of aliphatic hydroxyl groups is 2. The maximum absolute atomic E-state index is 12.9. The molecular weight excluding hydrogens is 716 g/mol. The van der Waals surface area contributed by atoms with E-state index in [0.29, 0.717) is 49.1 Å². The molecule has 0 unspecified atom stereocenters. The maximum Gasteiger partial charge on any atom is 0.258 e. The average molecular weight is 771 g/mol. The SMILES string of the molecule is C/C=C/c1ccc2n(c1=O)C[C@@H]1[C@@H](CO)[C@H](C(=O)NCC3CC3)N(C(C)=O)[C@H]21.C/C=C\c1ccc2n(c1=O)C[C@@H]1[C@@H](CO)[C@H](C(=O)NCC3CC3)N(C(C)=O)[C@H]21. The van der Waals surface area contributed by atoms with Crippen LogP contribution in [0.25, 0.3) is 12.2 Å². The fourth-order valence-electron chi connectivity index (χ4n) is 9.69. The van der Waals surface area contributed by atoms with E-state index in [2.05, 4.69) is 10.6 Å². The van der Waals surface area contributed by atoms with E-state index in [1.807, 2.05) is 38.1 Å². The Morgan fingerprint density at radius 1 is 0.661 bits per heavy atom. The van der Waals surface area contributed by atoms with E-state index in [1.165, 1.54) is 13.8 Å². The molecule has 56 heavy (non-hydrogen) atoms. The highest BCUT2D eigenvalue weighted by Gasteiger charge is 2.58. The number of aromatic nitrogens is 2. The number of amides is 4. The number of allylic oxidation sites excluding steroid dienone is 2. The van der Waals surface area contributed by atoms with Crippen molar-refractivity contribution < 1.29 is 29.4 Å². The minimum atomic E-state index is -0.699. The number of nitrogens with one attached hydrogen (secondary N) is 2. The van der Waals surface area contributed by atoms with Gasteiger partial charge >= 0.3 is 0 Å². The van der Waals surface area contributed by atoms with Gasteiger partial charge in [-0.25, -0.2) is 0 Å². The third-order valence-electron chi connectivity index (χ3n) is 12.7. The van der Waals surface area contributed by atoms with Gasteiger partial charge in [-0.2, -0.15) is 0 Å². The second-order valence-electron chi connectivity index (χ2n) is 16.3. The number of hydrogen-bond acceptors (Lipinski definition) is 8. The summed E-state index contributed by atoms with van der Waals surface area (Å²) >= 11 is 0. The lowest BCUT2D eigenvalue weighted by atomic mass is 9.88. The van der Waals surface area contributed by atoms with E-state index in [1.54, 1.807) is 43.2 Å². The largest absolute Gasteiger partial charge is 0.396 e. The van der Waals surface area contributed by atoms with Gasteiger partial charge in [0.25, 0.3) is 11.1 Å². The highest BCUT2D eigenvalue weighted by molar-refractivity contribution is 5.89. The van der Waals surface area contributed by atoms with Crippen molar-refractivity contribution in [2.24, 2.45) is 35.5 Å². The molecule has 4 aliphatic heterocycles. The van der Waals surface area contributed by atoms with Crippen molar-refractivity contribution in [2.45, 2.75) is 90.6 Å². The van der Waals surface area contributed by atoms with Crippen molar-refractivity contribution in [3.63, 3.8) is 0 Å². The van der Waals surface area contributed by atoms with Gasteiger partial charge in [0.1, 0.15) is 12.1 Å². The van der Waals surface area contributed by atoms with Gasteiger partial charge in [0.05, 0.1) is 12.1 Å². The molecule has 4 N–H and O–H groups in total. The first-order chi connectivity index (χ1) is 26.9. The molecule has 6 heterocycles. The zero-order valence-corrected chi connectivity index (χ0v) is 32.6. The van der Waals surface area contributed by atoms with Gasteiger partial charge in [0.15, 0.2) is 0 Å². The molecule has 2 saturated heterocycles. The molecule has 300 valence electrons. The summed E-state index contributed by atoms with van der Waals surface area (Å²) < 4.78 is 3.39. The van der Waals surface area contributed by atoms with Gasteiger partial charge in [-0.1, -0.05) is 24.3 Å². The lowest BCUT2D eigenvalue weighted by Gasteiger charge is -2.30. The minimum absolute atomic E-state index is 0.0973. The third kappa shape index (κ3) is 7.06. The molecule has 4 fully saturated rings. The molecule has 14 heteroatoms. The molecule has 0 radical (unpaired) electrons. The molecule has 2 saturated carbocycles. The number of nitrogens with zero attached hydrogens (tertiary/aromatic N) is 4. The Morgan fingerprint density at radius 2 is 1.04 bits per heavy atom. The van der Waals surface area contributed by atoms with Crippen LogP contribution in [0, 0.1) is 35.5 Å². The fraction of sp³-hybridized carbons (Fsp3) is 0.571. The second-order valence-corrected chi connectivity index (χ2v) is 16.3. The quantitative estimate of drug-likeness (QED) is 0.282. The molecular formula is C42H54N6O8. The van der Waals surface area contributed by atoms with E-state index >= 15 is 0 Å². The lowest BCUT2D eigenvalue weighted by molar-refractivity contribution is -0.140. The van der Waals surface area contributed by atoms with Crippen LogP contribution in [0.3, 0.4) is 0 Å². The Balaban J connectivity index is 0.000000172. The van der Waals surface area contributed by atoms with Crippen molar-refractivity contribution in [1.29, 1.82) is 0 Å². The maximum atomic E-state index is 12.9. The number of rotatable bonds is 10. The van der Waals surface area contributed by atoms with Gasteiger partial charge in [0.2, 0.25) is 23.6 Å².